The maximum Gasteiger partial charge on any atom is 0.274 e. The summed E-state index contributed by atoms with van der Waals surface area (Å²) in [6.45, 7) is 7.97. The maximum atomic E-state index is 12.7. The van der Waals surface area contributed by atoms with Gasteiger partial charge in [-0.3, -0.25) is 4.79 Å². The highest BCUT2D eigenvalue weighted by molar-refractivity contribution is 6.03. The van der Waals surface area contributed by atoms with Gasteiger partial charge in [-0.05, 0) is 56.0 Å². The average Bonchev–Trinajstić information content (AvgIpc) is 2.64. The monoisotopic (exact) mass is 360 g/mol. The molecule has 2 aromatic carbocycles. The molecule has 1 amide bonds. The van der Waals surface area contributed by atoms with Gasteiger partial charge >= 0.3 is 0 Å². The van der Waals surface area contributed by atoms with Gasteiger partial charge in [0, 0.05) is 17.1 Å². The SMILES string of the molecule is CCc1cccc(C)c1Nc1nc(C)cc(C(=O)Nc2ccccc2C)n1. The lowest BCUT2D eigenvalue weighted by Gasteiger charge is -2.14. The first-order chi connectivity index (χ1) is 13.0. The molecule has 3 rings (SSSR count). The molecule has 0 aliphatic rings. The van der Waals surface area contributed by atoms with Crippen LogP contribution in [0.15, 0.2) is 48.5 Å². The van der Waals surface area contributed by atoms with Crippen molar-refractivity contribution in [3.05, 3.63) is 76.6 Å². The Bertz CT molecular complexity index is 982. The van der Waals surface area contributed by atoms with Gasteiger partial charge in [-0.25, -0.2) is 9.97 Å². The molecule has 138 valence electrons. The molecular formula is C22H24N4O. The van der Waals surface area contributed by atoms with Crippen LogP contribution < -0.4 is 10.6 Å². The second-order valence-corrected chi connectivity index (χ2v) is 6.57. The molecule has 0 radical (unpaired) electrons. The molecule has 0 spiro atoms. The molecule has 0 fully saturated rings. The molecule has 1 heterocycles. The third-order valence-corrected chi connectivity index (χ3v) is 4.46. The van der Waals surface area contributed by atoms with Crippen LogP contribution in [0.1, 0.15) is 39.8 Å². The Morgan fingerprint density at radius 1 is 0.963 bits per heavy atom. The minimum atomic E-state index is -0.252. The molecule has 0 unspecified atom stereocenters. The van der Waals surface area contributed by atoms with E-state index in [-0.39, 0.29) is 5.91 Å². The zero-order valence-corrected chi connectivity index (χ0v) is 16.1. The second kappa shape index (κ2) is 7.99. The van der Waals surface area contributed by atoms with Gasteiger partial charge in [-0.2, -0.15) is 0 Å². The van der Waals surface area contributed by atoms with Gasteiger partial charge in [0.1, 0.15) is 5.69 Å². The fourth-order valence-corrected chi connectivity index (χ4v) is 2.95. The lowest BCUT2D eigenvalue weighted by molar-refractivity contribution is 0.102. The Labute approximate surface area is 159 Å². The van der Waals surface area contributed by atoms with Crippen molar-refractivity contribution >= 4 is 23.2 Å². The summed E-state index contributed by atoms with van der Waals surface area (Å²) in [5.74, 6) is 0.173. The predicted octanol–water partition coefficient (Wildman–Crippen LogP) is 4.96. The summed E-state index contributed by atoms with van der Waals surface area (Å²) < 4.78 is 0. The van der Waals surface area contributed by atoms with Gasteiger partial charge in [0.15, 0.2) is 0 Å². The molecule has 0 bridgehead atoms. The zero-order chi connectivity index (χ0) is 19.4. The van der Waals surface area contributed by atoms with Crippen LogP contribution in [-0.2, 0) is 6.42 Å². The van der Waals surface area contributed by atoms with Crippen molar-refractivity contribution < 1.29 is 4.79 Å². The Morgan fingerprint density at radius 2 is 1.70 bits per heavy atom. The van der Waals surface area contributed by atoms with E-state index in [9.17, 15) is 4.79 Å². The highest BCUT2D eigenvalue weighted by atomic mass is 16.1. The van der Waals surface area contributed by atoms with Crippen molar-refractivity contribution in [2.45, 2.75) is 34.1 Å². The van der Waals surface area contributed by atoms with Crippen LogP contribution in [0.25, 0.3) is 0 Å². The number of hydrogen-bond donors (Lipinski definition) is 2. The van der Waals surface area contributed by atoms with E-state index in [1.807, 2.05) is 57.2 Å². The largest absolute Gasteiger partial charge is 0.324 e. The number of benzene rings is 2. The Hall–Kier alpha value is -3.21. The summed E-state index contributed by atoms with van der Waals surface area (Å²) in [7, 11) is 0. The van der Waals surface area contributed by atoms with Crippen LogP contribution >= 0.6 is 0 Å². The van der Waals surface area contributed by atoms with Crippen molar-refractivity contribution in [3.63, 3.8) is 0 Å². The molecule has 5 heteroatoms. The number of anilines is 3. The number of carbonyl (C=O) groups excluding carboxylic acids is 1. The molecule has 5 nitrogen and oxygen atoms in total. The van der Waals surface area contributed by atoms with Crippen LogP contribution in [0.4, 0.5) is 17.3 Å². The van der Waals surface area contributed by atoms with E-state index in [4.69, 9.17) is 0 Å². The first kappa shape index (κ1) is 18.6. The molecule has 0 aliphatic heterocycles. The summed E-state index contributed by atoms with van der Waals surface area (Å²) in [5, 5.41) is 6.22. The maximum absolute atomic E-state index is 12.7. The van der Waals surface area contributed by atoms with Crippen LogP contribution in [0.3, 0.4) is 0 Å². The molecule has 0 saturated carbocycles. The topological polar surface area (TPSA) is 66.9 Å². The summed E-state index contributed by atoms with van der Waals surface area (Å²) >= 11 is 0. The van der Waals surface area contributed by atoms with E-state index in [0.717, 1.165) is 34.6 Å². The standard InChI is InChI=1S/C22H24N4O/c1-5-17-11-8-10-15(3)20(17)26-22-23-16(4)13-19(25-22)21(27)24-18-12-7-6-9-14(18)2/h6-13H,5H2,1-4H3,(H,24,27)(H,23,25,26). The number of aromatic nitrogens is 2. The number of carbonyl (C=O) groups is 1. The normalized spacial score (nSPS) is 10.5. The third kappa shape index (κ3) is 4.31. The van der Waals surface area contributed by atoms with Gasteiger partial charge in [0.2, 0.25) is 5.95 Å². The van der Waals surface area contributed by atoms with E-state index in [2.05, 4.69) is 33.6 Å². The quantitative estimate of drug-likeness (QED) is 0.675. The number of nitrogens with zero attached hydrogens (tertiary/aromatic N) is 2. The number of nitrogens with one attached hydrogen (secondary N) is 2. The molecule has 2 N–H and O–H groups in total. The van der Waals surface area contributed by atoms with Gasteiger partial charge in [0.25, 0.3) is 5.91 Å². The zero-order valence-electron chi connectivity index (χ0n) is 16.1. The van der Waals surface area contributed by atoms with Crippen LogP contribution in [0.5, 0.6) is 0 Å². The fourth-order valence-electron chi connectivity index (χ4n) is 2.95. The van der Waals surface area contributed by atoms with Crippen molar-refractivity contribution in [2.24, 2.45) is 0 Å². The lowest BCUT2D eigenvalue weighted by atomic mass is 10.1. The number of rotatable bonds is 5. The molecule has 0 saturated heterocycles. The first-order valence-corrected chi connectivity index (χ1v) is 9.06. The predicted molar refractivity (Wildman–Crippen MR) is 110 cm³/mol. The summed E-state index contributed by atoms with van der Waals surface area (Å²) in [5.41, 5.74) is 6.14. The third-order valence-electron chi connectivity index (χ3n) is 4.46. The average molecular weight is 360 g/mol. The van der Waals surface area contributed by atoms with E-state index < -0.39 is 0 Å². The Balaban J connectivity index is 1.89. The van der Waals surface area contributed by atoms with E-state index in [1.165, 1.54) is 5.56 Å². The molecule has 0 aliphatic carbocycles. The van der Waals surface area contributed by atoms with Crippen molar-refractivity contribution in [2.75, 3.05) is 10.6 Å². The fraction of sp³-hybridized carbons (Fsp3) is 0.227. The highest BCUT2D eigenvalue weighted by Gasteiger charge is 2.13. The van der Waals surface area contributed by atoms with Crippen molar-refractivity contribution in [3.8, 4) is 0 Å². The minimum Gasteiger partial charge on any atom is -0.324 e. The summed E-state index contributed by atoms with van der Waals surface area (Å²) in [6.07, 6.45) is 0.899. The van der Waals surface area contributed by atoms with Gasteiger partial charge < -0.3 is 10.6 Å². The molecule has 1 aromatic heterocycles. The Kier molecular flexibility index (Phi) is 5.50. The summed E-state index contributed by atoms with van der Waals surface area (Å²) in [6, 6.07) is 15.5. The van der Waals surface area contributed by atoms with Gasteiger partial charge in [-0.1, -0.05) is 43.3 Å². The number of hydrogen-bond acceptors (Lipinski definition) is 4. The summed E-state index contributed by atoms with van der Waals surface area (Å²) in [4.78, 5) is 21.6. The molecule has 3 aromatic rings. The number of amides is 1. The van der Waals surface area contributed by atoms with Gasteiger partial charge in [0.05, 0.1) is 0 Å². The molecule has 0 atom stereocenters. The first-order valence-electron chi connectivity index (χ1n) is 9.06. The van der Waals surface area contributed by atoms with E-state index in [1.54, 1.807) is 6.07 Å². The van der Waals surface area contributed by atoms with Crippen molar-refractivity contribution in [1.82, 2.24) is 9.97 Å². The number of aryl methyl sites for hydroxylation is 4. The van der Waals surface area contributed by atoms with Crippen LogP contribution in [0, 0.1) is 20.8 Å². The van der Waals surface area contributed by atoms with E-state index in [0.29, 0.717) is 11.6 Å². The van der Waals surface area contributed by atoms with E-state index >= 15 is 0 Å². The van der Waals surface area contributed by atoms with Crippen LogP contribution in [-0.4, -0.2) is 15.9 Å². The Morgan fingerprint density at radius 3 is 2.44 bits per heavy atom. The minimum absolute atomic E-state index is 0.252. The number of para-hydroxylation sites is 2. The van der Waals surface area contributed by atoms with Crippen molar-refractivity contribution in [1.29, 1.82) is 0 Å². The van der Waals surface area contributed by atoms with Crippen LogP contribution in [0.2, 0.25) is 0 Å². The molecule has 27 heavy (non-hydrogen) atoms. The smallest absolute Gasteiger partial charge is 0.274 e. The second-order valence-electron chi connectivity index (χ2n) is 6.57. The van der Waals surface area contributed by atoms with Gasteiger partial charge in [-0.15, -0.1) is 0 Å². The highest BCUT2D eigenvalue weighted by Crippen LogP contribution is 2.24. The molecular weight excluding hydrogens is 336 g/mol. The lowest BCUT2D eigenvalue weighted by Crippen LogP contribution is -2.16.